The SMILES string of the molecule is CN=C(NCCCCOc1ccc(C)cc1)NCCN(C)CCCOC.I. The zero-order chi connectivity index (χ0) is 19.0. The van der Waals surface area contributed by atoms with E-state index < -0.39 is 0 Å². The molecule has 0 fully saturated rings. The van der Waals surface area contributed by atoms with Crippen molar-refractivity contribution >= 4 is 29.9 Å². The van der Waals surface area contributed by atoms with Crippen LogP contribution >= 0.6 is 24.0 Å². The van der Waals surface area contributed by atoms with Crippen molar-refractivity contribution in [2.75, 3.05) is 60.6 Å². The molecular formula is C20H37IN4O2. The molecule has 0 heterocycles. The van der Waals surface area contributed by atoms with E-state index in [2.05, 4.69) is 46.6 Å². The number of benzene rings is 1. The number of guanidine groups is 1. The van der Waals surface area contributed by atoms with E-state index in [0.29, 0.717) is 0 Å². The van der Waals surface area contributed by atoms with Crippen LogP contribution in [0.5, 0.6) is 5.75 Å². The highest BCUT2D eigenvalue weighted by molar-refractivity contribution is 14.0. The summed E-state index contributed by atoms with van der Waals surface area (Å²) in [7, 11) is 5.67. The molecule has 156 valence electrons. The highest BCUT2D eigenvalue weighted by atomic mass is 127. The van der Waals surface area contributed by atoms with Gasteiger partial charge >= 0.3 is 0 Å². The first-order valence-electron chi connectivity index (χ1n) is 9.47. The molecular weight excluding hydrogens is 455 g/mol. The van der Waals surface area contributed by atoms with Gasteiger partial charge in [0.15, 0.2) is 5.96 Å². The first-order chi connectivity index (χ1) is 12.7. The Bertz CT molecular complexity index is 497. The lowest BCUT2D eigenvalue weighted by Gasteiger charge is -2.18. The molecule has 0 atom stereocenters. The van der Waals surface area contributed by atoms with E-state index in [-0.39, 0.29) is 24.0 Å². The molecule has 0 unspecified atom stereocenters. The Kier molecular flexibility index (Phi) is 16.4. The number of hydrogen-bond acceptors (Lipinski definition) is 4. The van der Waals surface area contributed by atoms with E-state index >= 15 is 0 Å². The molecule has 1 rings (SSSR count). The standard InChI is InChI=1S/C20H36N4O2.HI/c1-18-8-10-19(11-9-18)26-17-6-5-12-22-20(21-2)23-13-15-24(3)14-7-16-25-4;/h8-11H,5-7,12-17H2,1-4H3,(H2,21,22,23);1H. The van der Waals surface area contributed by atoms with Crippen LogP contribution in [0, 0.1) is 6.92 Å². The van der Waals surface area contributed by atoms with Crippen LogP contribution in [0.25, 0.3) is 0 Å². The smallest absolute Gasteiger partial charge is 0.191 e. The maximum Gasteiger partial charge on any atom is 0.191 e. The third-order valence-electron chi connectivity index (χ3n) is 4.05. The average molecular weight is 492 g/mol. The molecule has 6 nitrogen and oxygen atoms in total. The summed E-state index contributed by atoms with van der Waals surface area (Å²) in [5, 5.41) is 6.69. The molecule has 7 heteroatoms. The lowest BCUT2D eigenvalue weighted by molar-refractivity contribution is 0.180. The van der Waals surface area contributed by atoms with Gasteiger partial charge in [0.05, 0.1) is 6.61 Å². The zero-order valence-electron chi connectivity index (χ0n) is 17.3. The number of rotatable bonds is 13. The van der Waals surface area contributed by atoms with Crippen LogP contribution in [0.2, 0.25) is 0 Å². The molecule has 0 aliphatic carbocycles. The number of halogens is 1. The van der Waals surface area contributed by atoms with E-state index in [9.17, 15) is 0 Å². The van der Waals surface area contributed by atoms with Gasteiger partial charge in [-0.3, -0.25) is 4.99 Å². The highest BCUT2D eigenvalue weighted by Gasteiger charge is 2.00. The van der Waals surface area contributed by atoms with Crippen molar-refractivity contribution in [3.8, 4) is 5.75 Å². The number of methoxy groups -OCH3 is 1. The molecule has 0 saturated carbocycles. The Morgan fingerprint density at radius 1 is 1.00 bits per heavy atom. The second-order valence-electron chi connectivity index (χ2n) is 6.44. The van der Waals surface area contributed by atoms with Gasteiger partial charge in [-0.1, -0.05) is 17.7 Å². The predicted octanol–water partition coefficient (Wildman–Crippen LogP) is 2.91. The summed E-state index contributed by atoms with van der Waals surface area (Å²) in [6.45, 7) is 7.42. The minimum absolute atomic E-state index is 0. The minimum atomic E-state index is 0. The fourth-order valence-electron chi connectivity index (χ4n) is 2.43. The molecule has 1 aromatic carbocycles. The molecule has 0 spiro atoms. The van der Waals surface area contributed by atoms with E-state index in [1.807, 2.05) is 12.1 Å². The number of nitrogens with zero attached hydrogens (tertiary/aromatic N) is 2. The number of aryl methyl sites for hydroxylation is 1. The Labute approximate surface area is 182 Å². The predicted molar refractivity (Wildman–Crippen MR) is 125 cm³/mol. The van der Waals surface area contributed by atoms with E-state index in [1.54, 1.807) is 14.2 Å². The van der Waals surface area contributed by atoms with Crippen molar-refractivity contribution in [3.63, 3.8) is 0 Å². The average Bonchev–Trinajstić information content (AvgIpc) is 2.64. The zero-order valence-corrected chi connectivity index (χ0v) is 19.6. The van der Waals surface area contributed by atoms with Gasteiger partial charge in [-0.25, -0.2) is 0 Å². The quantitative estimate of drug-likeness (QED) is 0.192. The third-order valence-corrected chi connectivity index (χ3v) is 4.05. The number of aliphatic imine (C=N–C) groups is 1. The Hall–Kier alpha value is -1.06. The van der Waals surface area contributed by atoms with Crippen LogP contribution in [0.1, 0.15) is 24.8 Å². The molecule has 0 saturated heterocycles. The summed E-state index contributed by atoms with van der Waals surface area (Å²) in [5.74, 6) is 1.80. The fourth-order valence-corrected chi connectivity index (χ4v) is 2.43. The van der Waals surface area contributed by atoms with Crippen molar-refractivity contribution in [2.24, 2.45) is 4.99 Å². The summed E-state index contributed by atoms with van der Waals surface area (Å²) < 4.78 is 10.8. The lowest BCUT2D eigenvalue weighted by Crippen LogP contribution is -2.41. The molecule has 2 N–H and O–H groups in total. The van der Waals surface area contributed by atoms with E-state index in [4.69, 9.17) is 9.47 Å². The van der Waals surface area contributed by atoms with Crippen molar-refractivity contribution < 1.29 is 9.47 Å². The van der Waals surface area contributed by atoms with Crippen LogP contribution in [-0.4, -0.2) is 71.5 Å². The summed E-state index contributed by atoms with van der Waals surface area (Å²) in [6, 6.07) is 8.18. The number of unbranched alkanes of at least 4 members (excludes halogenated alkanes) is 1. The molecule has 0 aromatic heterocycles. The van der Waals surface area contributed by atoms with Gasteiger partial charge in [0.1, 0.15) is 5.75 Å². The second kappa shape index (κ2) is 17.1. The molecule has 27 heavy (non-hydrogen) atoms. The van der Waals surface area contributed by atoms with Gasteiger partial charge in [0.2, 0.25) is 0 Å². The van der Waals surface area contributed by atoms with Crippen molar-refractivity contribution in [1.82, 2.24) is 15.5 Å². The number of ether oxygens (including phenoxy) is 2. The number of hydrogen-bond donors (Lipinski definition) is 2. The number of nitrogens with one attached hydrogen (secondary N) is 2. The molecule has 0 aliphatic rings. The van der Waals surface area contributed by atoms with Crippen LogP contribution in [0.15, 0.2) is 29.3 Å². The topological polar surface area (TPSA) is 58.1 Å². The van der Waals surface area contributed by atoms with Crippen LogP contribution in [-0.2, 0) is 4.74 Å². The Balaban J connectivity index is 0.00000676. The Morgan fingerprint density at radius 2 is 1.70 bits per heavy atom. The summed E-state index contributed by atoms with van der Waals surface area (Å²) in [4.78, 5) is 6.55. The van der Waals surface area contributed by atoms with Gasteiger partial charge in [0, 0.05) is 46.9 Å². The van der Waals surface area contributed by atoms with Crippen molar-refractivity contribution in [3.05, 3.63) is 29.8 Å². The maximum absolute atomic E-state index is 5.74. The summed E-state index contributed by atoms with van der Waals surface area (Å²) in [5.41, 5.74) is 1.25. The molecule has 0 aliphatic heterocycles. The van der Waals surface area contributed by atoms with Gasteiger partial charge in [0.25, 0.3) is 0 Å². The van der Waals surface area contributed by atoms with Gasteiger partial charge < -0.3 is 25.0 Å². The lowest BCUT2D eigenvalue weighted by atomic mass is 10.2. The summed E-state index contributed by atoms with van der Waals surface area (Å²) in [6.07, 6.45) is 3.12. The second-order valence-corrected chi connectivity index (χ2v) is 6.44. The van der Waals surface area contributed by atoms with Crippen LogP contribution in [0.4, 0.5) is 0 Å². The van der Waals surface area contributed by atoms with E-state index in [0.717, 1.165) is 70.4 Å². The maximum atomic E-state index is 5.74. The fraction of sp³-hybridized carbons (Fsp3) is 0.650. The van der Waals surface area contributed by atoms with Crippen molar-refractivity contribution in [1.29, 1.82) is 0 Å². The first-order valence-corrected chi connectivity index (χ1v) is 9.47. The van der Waals surface area contributed by atoms with Crippen LogP contribution in [0.3, 0.4) is 0 Å². The van der Waals surface area contributed by atoms with Gasteiger partial charge in [-0.15, -0.1) is 24.0 Å². The Morgan fingerprint density at radius 3 is 2.37 bits per heavy atom. The first kappa shape index (κ1) is 25.9. The van der Waals surface area contributed by atoms with E-state index in [1.165, 1.54) is 5.56 Å². The van der Waals surface area contributed by atoms with Crippen molar-refractivity contribution in [2.45, 2.75) is 26.2 Å². The normalized spacial score (nSPS) is 11.2. The van der Waals surface area contributed by atoms with Crippen LogP contribution < -0.4 is 15.4 Å². The molecule has 1 aromatic rings. The largest absolute Gasteiger partial charge is 0.494 e. The van der Waals surface area contributed by atoms with Gasteiger partial charge in [-0.2, -0.15) is 0 Å². The monoisotopic (exact) mass is 492 g/mol. The minimum Gasteiger partial charge on any atom is -0.494 e. The molecule has 0 bridgehead atoms. The number of likely N-dealkylation sites (N-methyl/N-ethyl adjacent to an activating group) is 1. The third kappa shape index (κ3) is 13.7. The molecule has 0 amide bonds. The summed E-state index contributed by atoms with van der Waals surface area (Å²) >= 11 is 0. The van der Waals surface area contributed by atoms with Gasteiger partial charge in [-0.05, 0) is 45.4 Å². The molecule has 0 radical (unpaired) electrons. The highest BCUT2D eigenvalue weighted by Crippen LogP contribution is 2.11.